The first-order chi connectivity index (χ1) is 10.1. The van der Waals surface area contributed by atoms with Gasteiger partial charge >= 0.3 is 0 Å². The second kappa shape index (κ2) is 5.33. The third-order valence-corrected chi connectivity index (χ3v) is 4.33. The third-order valence-electron chi connectivity index (χ3n) is 3.39. The first-order valence-electron chi connectivity index (χ1n) is 6.87. The Morgan fingerprint density at radius 3 is 2.62 bits per heavy atom. The van der Waals surface area contributed by atoms with Crippen molar-refractivity contribution in [3.63, 3.8) is 0 Å². The molecule has 2 heterocycles. The number of thiophene rings is 1. The van der Waals surface area contributed by atoms with Gasteiger partial charge in [0.1, 0.15) is 10.6 Å². The van der Waals surface area contributed by atoms with Crippen LogP contribution in [-0.4, -0.2) is 17.0 Å². The molecule has 0 atom stereocenters. The minimum atomic E-state index is 0.636. The molecule has 0 bridgehead atoms. The molecule has 1 aromatic carbocycles. The zero-order valence-electron chi connectivity index (χ0n) is 12.6. The Balaban J connectivity index is 2.12. The van der Waals surface area contributed by atoms with Gasteiger partial charge in [-0.25, -0.2) is 4.98 Å². The van der Waals surface area contributed by atoms with E-state index in [1.165, 1.54) is 16.0 Å². The summed E-state index contributed by atoms with van der Waals surface area (Å²) in [5.74, 6) is 1.49. The van der Waals surface area contributed by atoms with Crippen LogP contribution in [0.4, 0.5) is 17.5 Å². The van der Waals surface area contributed by atoms with E-state index >= 15 is 0 Å². The van der Waals surface area contributed by atoms with Crippen LogP contribution in [0.3, 0.4) is 0 Å². The first-order valence-corrected chi connectivity index (χ1v) is 7.68. The van der Waals surface area contributed by atoms with Crippen molar-refractivity contribution in [2.24, 2.45) is 0 Å². The molecule has 0 aliphatic rings. The van der Waals surface area contributed by atoms with Crippen LogP contribution in [0.25, 0.3) is 10.2 Å². The number of benzene rings is 1. The lowest BCUT2D eigenvalue weighted by Crippen LogP contribution is -2.01. The van der Waals surface area contributed by atoms with Crippen molar-refractivity contribution in [2.75, 3.05) is 17.7 Å². The molecule has 4 nitrogen and oxygen atoms in total. The summed E-state index contributed by atoms with van der Waals surface area (Å²) in [5, 5.41) is 7.55. The molecule has 0 amide bonds. The van der Waals surface area contributed by atoms with Crippen LogP contribution in [0.15, 0.2) is 24.3 Å². The summed E-state index contributed by atoms with van der Waals surface area (Å²) < 4.78 is 0. The Labute approximate surface area is 128 Å². The Bertz CT molecular complexity index is 807. The van der Waals surface area contributed by atoms with Gasteiger partial charge in [0, 0.05) is 17.6 Å². The number of fused-ring (bicyclic) bond motifs is 1. The quantitative estimate of drug-likeness (QED) is 0.752. The Morgan fingerprint density at radius 1 is 1.05 bits per heavy atom. The van der Waals surface area contributed by atoms with Gasteiger partial charge in [-0.2, -0.15) is 4.98 Å². The zero-order valence-corrected chi connectivity index (χ0v) is 13.4. The summed E-state index contributed by atoms with van der Waals surface area (Å²) in [7, 11) is 1.84. The summed E-state index contributed by atoms with van der Waals surface area (Å²) in [6.07, 6.45) is 0. The molecule has 0 aliphatic heterocycles. The molecule has 2 N–H and O–H groups in total. The number of nitrogens with one attached hydrogen (secondary N) is 2. The minimum Gasteiger partial charge on any atom is -0.357 e. The van der Waals surface area contributed by atoms with Crippen molar-refractivity contribution < 1.29 is 0 Å². The summed E-state index contributed by atoms with van der Waals surface area (Å²) in [6.45, 7) is 6.28. The van der Waals surface area contributed by atoms with E-state index in [9.17, 15) is 0 Å². The minimum absolute atomic E-state index is 0.636. The van der Waals surface area contributed by atoms with E-state index in [-0.39, 0.29) is 0 Å². The number of hydrogen-bond acceptors (Lipinski definition) is 5. The SMILES string of the molecule is CNc1nc(Nc2cc(C)ccc2C)c2cc(C)sc2n1. The maximum atomic E-state index is 4.57. The largest absolute Gasteiger partial charge is 0.357 e. The highest BCUT2D eigenvalue weighted by atomic mass is 32.1. The predicted octanol–water partition coefficient (Wildman–Crippen LogP) is 4.40. The van der Waals surface area contributed by atoms with Gasteiger partial charge < -0.3 is 10.6 Å². The summed E-state index contributed by atoms with van der Waals surface area (Å²) in [4.78, 5) is 11.3. The van der Waals surface area contributed by atoms with Crippen LogP contribution < -0.4 is 10.6 Å². The topological polar surface area (TPSA) is 49.8 Å². The number of aryl methyl sites for hydroxylation is 3. The molecule has 5 heteroatoms. The van der Waals surface area contributed by atoms with Crippen LogP contribution in [0.2, 0.25) is 0 Å². The summed E-state index contributed by atoms with van der Waals surface area (Å²) in [5.41, 5.74) is 3.51. The fourth-order valence-corrected chi connectivity index (χ4v) is 3.13. The maximum Gasteiger partial charge on any atom is 0.225 e. The highest BCUT2D eigenvalue weighted by Gasteiger charge is 2.11. The number of aromatic nitrogens is 2. The van der Waals surface area contributed by atoms with Gasteiger partial charge in [-0.15, -0.1) is 11.3 Å². The highest BCUT2D eigenvalue weighted by molar-refractivity contribution is 7.18. The van der Waals surface area contributed by atoms with Crippen LogP contribution in [0, 0.1) is 20.8 Å². The lowest BCUT2D eigenvalue weighted by molar-refractivity contribution is 1.20. The second-order valence-electron chi connectivity index (χ2n) is 5.17. The monoisotopic (exact) mass is 298 g/mol. The van der Waals surface area contributed by atoms with Crippen molar-refractivity contribution >= 4 is 39.0 Å². The molecule has 0 saturated carbocycles. The highest BCUT2D eigenvalue weighted by Crippen LogP contribution is 2.32. The Kier molecular flexibility index (Phi) is 3.51. The van der Waals surface area contributed by atoms with Crippen molar-refractivity contribution in [1.29, 1.82) is 0 Å². The van der Waals surface area contributed by atoms with Gasteiger partial charge in [0.05, 0.1) is 5.39 Å². The van der Waals surface area contributed by atoms with E-state index in [1.54, 1.807) is 11.3 Å². The maximum absolute atomic E-state index is 4.57. The van der Waals surface area contributed by atoms with Crippen molar-refractivity contribution in [1.82, 2.24) is 9.97 Å². The van der Waals surface area contributed by atoms with Crippen LogP contribution >= 0.6 is 11.3 Å². The Hall–Kier alpha value is -2.14. The van der Waals surface area contributed by atoms with Gasteiger partial charge in [0.25, 0.3) is 0 Å². The molecule has 3 rings (SSSR count). The van der Waals surface area contributed by atoms with Crippen LogP contribution in [0.5, 0.6) is 0 Å². The van der Waals surface area contributed by atoms with Crippen LogP contribution in [0.1, 0.15) is 16.0 Å². The van der Waals surface area contributed by atoms with Crippen molar-refractivity contribution in [3.05, 3.63) is 40.3 Å². The number of anilines is 3. The number of rotatable bonds is 3. The predicted molar refractivity (Wildman–Crippen MR) is 90.9 cm³/mol. The lowest BCUT2D eigenvalue weighted by atomic mass is 10.1. The molecule has 21 heavy (non-hydrogen) atoms. The molecule has 3 aromatic rings. The molecule has 0 radical (unpaired) electrons. The lowest BCUT2D eigenvalue weighted by Gasteiger charge is -2.11. The van der Waals surface area contributed by atoms with E-state index in [4.69, 9.17) is 0 Å². The fraction of sp³-hybridized carbons (Fsp3) is 0.250. The molecular formula is C16H18N4S. The average Bonchev–Trinajstić information content (AvgIpc) is 2.83. The number of hydrogen-bond donors (Lipinski definition) is 2. The molecule has 108 valence electrons. The Morgan fingerprint density at radius 2 is 1.86 bits per heavy atom. The molecule has 0 saturated heterocycles. The molecule has 0 fully saturated rings. The standard InChI is InChI=1S/C16H18N4S/c1-9-5-6-10(2)13(7-9)18-14-12-8-11(3)21-15(12)20-16(17-4)19-14/h5-8H,1-4H3,(H2,17,18,19,20). The van der Waals surface area contributed by atoms with E-state index in [2.05, 4.69) is 65.6 Å². The third kappa shape index (κ3) is 2.69. The van der Waals surface area contributed by atoms with E-state index < -0.39 is 0 Å². The number of nitrogens with zero attached hydrogens (tertiary/aromatic N) is 2. The first kappa shape index (κ1) is 13.8. The average molecular weight is 298 g/mol. The smallest absolute Gasteiger partial charge is 0.225 e. The van der Waals surface area contributed by atoms with E-state index in [0.29, 0.717) is 5.95 Å². The van der Waals surface area contributed by atoms with Crippen molar-refractivity contribution in [3.8, 4) is 0 Å². The molecule has 2 aromatic heterocycles. The van der Waals surface area contributed by atoms with Gasteiger partial charge in [-0.3, -0.25) is 0 Å². The van der Waals surface area contributed by atoms with E-state index in [0.717, 1.165) is 21.7 Å². The zero-order chi connectivity index (χ0) is 15.0. The summed E-state index contributed by atoms with van der Waals surface area (Å²) in [6, 6.07) is 8.51. The molecule has 0 aliphatic carbocycles. The fourth-order valence-electron chi connectivity index (χ4n) is 2.25. The van der Waals surface area contributed by atoms with Gasteiger partial charge in [0.15, 0.2) is 0 Å². The second-order valence-corrected chi connectivity index (χ2v) is 6.40. The summed E-state index contributed by atoms with van der Waals surface area (Å²) >= 11 is 1.68. The molecule has 0 spiro atoms. The molecular weight excluding hydrogens is 280 g/mol. The van der Waals surface area contributed by atoms with Crippen LogP contribution in [-0.2, 0) is 0 Å². The normalized spacial score (nSPS) is 10.9. The van der Waals surface area contributed by atoms with E-state index in [1.807, 2.05) is 7.05 Å². The van der Waals surface area contributed by atoms with Crippen molar-refractivity contribution in [2.45, 2.75) is 20.8 Å². The molecule has 0 unspecified atom stereocenters. The van der Waals surface area contributed by atoms with Gasteiger partial charge in [0.2, 0.25) is 5.95 Å². The van der Waals surface area contributed by atoms with Gasteiger partial charge in [-0.05, 0) is 44.0 Å². The van der Waals surface area contributed by atoms with Gasteiger partial charge in [-0.1, -0.05) is 12.1 Å².